The molecular weight excluding hydrogens is 390 g/mol. The molecule has 0 spiro atoms. The first-order valence-corrected chi connectivity index (χ1v) is 11.5. The summed E-state index contributed by atoms with van der Waals surface area (Å²) in [7, 11) is 1.37. The molecule has 0 radical (unpaired) electrons. The Balaban J connectivity index is 1.39. The topological polar surface area (TPSA) is 73.2 Å². The van der Waals surface area contributed by atoms with Gasteiger partial charge in [-0.15, -0.1) is 0 Å². The van der Waals surface area contributed by atoms with Crippen LogP contribution in [0, 0.1) is 23.7 Å². The first-order chi connectivity index (χ1) is 14.9. The number of hydrogen-bond acceptors (Lipinski definition) is 4. The molecule has 164 valence electrons. The van der Waals surface area contributed by atoms with Crippen molar-refractivity contribution in [2.45, 2.75) is 57.9 Å². The molecule has 0 atom stereocenters. The van der Waals surface area contributed by atoms with E-state index < -0.39 is 0 Å². The van der Waals surface area contributed by atoms with Gasteiger partial charge in [-0.25, -0.2) is 9.48 Å². The first-order valence-electron chi connectivity index (χ1n) is 11.5. The second-order valence-corrected chi connectivity index (χ2v) is 9.98. The summed E-state index contributed by atoms with van der Waals surface area (Å²) in [6, 6.07) is 7.43. The minimum Gasteiger partial charge on any atom is -0.465 e. The van der Waals surface area contributed by atoms with Crippen LogP contribution in [0.1, 0.15) is 78.3 Å². The van der Waals surface area contributed by atoms with Gasteiger partial charge in [0.2, 0.25) is 0 Å². The van der Waals surface area contributed by atoms with E-state index in [0.717, 1.165) is 23.2 Å². The average Bonchev–Trinajstić information content (AvgIpc) is 3.21. The smallest absolute Gasteiger partial charge is 0.337 e. The maximum atomic E-state index is 13.4. The van der Waals surface area contributed by atoms with Gasteiger partial charge in [-0.1, -0.05) is 13.8 Å². The normalized spacial score (nSPS) is 28.7. The molecule has 1 aromatic carbocycles. The number of amides is 1. The van der Waals surface area contributed by atoms with Crippen LogP contribution in [0.2, 0.25) is 0 Å². The van der Waals surface area contributed by atoms with Crippen molar-refractivity contribution in [3.8, 4) is 5.69 Å². The molecule has 0 saturated heterocycles. The highest BCUT2D eigenvalue weighted by Gasteiger charge is 2.48. The Labute approximate surface area is 183 Å². The maximum absolute atomic E-state index is 13.4. The molecule has 4 saturated carbocycles. The summed E-state index contributed by atoms with van der Waals surface area (Å²) >= 11 is 0. The van der Waals surface area contributed by atoms with Crippen LogP contribution in [0.15, 0.2) is 30.5 Å². The molecular formula is C25H31N3O3. The third-order valence-corrected chi connectivity index (χ3v) is 7.66. The molecule has 1 heterocycles. The number of methoxy groups -OCH3 is 1. The van der Waals surface area contributed by atoms with Gasteiger partial charge in [0, 0.05) is 6.04 Å². The van der Waals surface area contributed by atoms with Crippen LogP contribution in [0.4, 0.5) is 0 Å². The molecule has 6 heteroatoms. The number of esters is 1. The van der Waals surface area contributed by atoms with E-state index in [1.54, 1.807) is 18.3 Å². The van der Waals surface area contributed by atoms with Gasteiger partial charge in [-0.3, -0.25) is 4.79 Å². The summed E-state index contributed by atoms with van der Waals surface area (Å²) in [5, 5.41) is 7.96. The van der Waals surface area contributed by atoms with Crippen LogP contribution in [0.25, 0.3) is 5.69 Å². The number of nitrogens with one attached hydrogen (secondary N) is 1. The Bertz CT molecular complexity index is 964. The van der Waals surface area contributed by atoms with Gasteiger partial charge >= 0.3 is 5.97 Å². The monoisotopic (exact) mass is 421 g/mol. The molecule has 4 aliphatic rings. The summed E-state index contributed by atoms with van der Waals surface area (Å²) in [5.74, 6) is 2.81. The fourth-order valence-corrected chi connectivity index (χ4v) is 6.54. The van der Waals surface area contributed by atoms with Gasteiger partial charge in [0.15, 0.2) is 0 Å². The second kappa shape index (κ2) is 7.81. The zero-order chi connectivity index (χ0) is 21.7. The fraction of sp³-hybridized carbons (Fsp3) is 0.560. The van der Waals surface area contributed by atoms with Crippen molar-refractivity contribution < 1.29 is 14.3 Å². The van der Waals surface area contributed by atoms with Crippen molar-refractivity contribution in [2.24, 2.45) is 23.7 Å². The molecule has 1 amide bonds. The Morgan fingerprint density at radius 2 is 1.65 bits per heavy atom. The third kappa shape index (κ3) is 3.56. The lowest BCUT2D eigenvalue weighted by Gasteiger charge is -2.54. The minimum absolute atomic E-state index is 0.00129. The van der Waals surface area contributed by atoms with Gasteiger partial charge in [0.25, 0.3) is 5.91 Å². The zero-order valence-corrected chi connectivity index (χ0v) is 18.5. The molecule has 0 unspecified atom stereocenters. The predicted octanol–water partition coefficient (Wildman–Crippen LogP) is 4.34. The highest BCUT2D eigenvalue weighted by atomic mass is 16.5. The van der Waals surface area contributed by atoms with E-state index in [-0.39, 0.29) is 17.8 Å². The first kappa shape index (κ1) is 20.3. The largest absolute Gasteiger partial charge is 0.465 e. The molecule has 31 heavy (non-hydrogen) atoms. The maximum Gasteiger partial charge on any atom is 0.337 e. The summed E-state index contributed by atoms with van der Waals surface area (Å²) in [6.07, 6.45) is 8.21. The summed E-state index contributed by atoms with van der Waals surface area (Å²) in [5.41, 5.74) is 2.86. The van der Waals surface area contributed by atoms with E-state index in [1.807, 2.05) is 16.8 Å². The molecule has 0 aliphatic heterocycles. The molecule has 6 nitrogen and oxygen atoms in total. The summed E-state index contributed by atoms with van der Waals surface area (Å²) in [6.45, 7) is 4.16. The number of ether oxygens (including phenoxy) is 1. The lowest BCUT2D eigenvalue weighted by molar-refractivity contribution is -0.0119. The summed E-state index contributed by atoms with van der Waals surface area (Å²) < 4.78 is 6.59. The number of nitrogens with zero attached hydrogens (tertiary/aromatic N) is 2. The van der Waals surface area contributed by atoms with Crippen LogP contribution in [0.5, 0.6) is 0 Å². The molecule has 1 aromatic heterocycles. The SMILES string of the molecule is COC(=O)c1ccc(-n2ncc(C(=O)NC3C4CC5CC(C4)CC3C5)c2C(C)C)cc1. The van der Waals surface area contributed by atoms with Crippen LogP contribution < -0.4 is 5.32 Å². The Hall–Kier alpha value is -2.63. The molecule has 1 N–H and O–H groups in total. The van der Waals surface area contributed by atoms with Gasteiger partial charge in [-0.2, -0.15) is 5.10 Å². The Morgan fingerprint density at radius 1 is 1.03 bits per heavy atom. The highest BCUT2D eigenvalue weighted by Crippen LogP contribution is 2.53. The average molecular weight is 422 g/mol. The number of aromatic nitrogens is 2. The van der Waals surface area contributed by atoms with Gasteiger partial charge < -0.3 is 10.1 Å². The lowest BCUT2D eigenvalue weighted by atomic mass is 9.54. The van der Waals surface area contributed by atoms with Crippen LogP contribution >= 0.6 is 0 Å². The minimum atomic E-state index is -0.369. The fourth-order valence-electron chi connectivity index (χ4n) is 6.54. The summed E-state index contributed by atoms with van der Waals surface area (Å²) in [4.78, 5) is 25.1. The van der Waals surface area contributed by atoms with E-state index in [0.29, 0.717) is 29.0 Å². The van der Waals surface area contributed by atoms with E-state index in [4.69, 9.17) is 4.74 Å². The van der Waals surface area contributed by atoms with Crippen LogP contribution in [0.3, 0.4) is 0 Å². The van der Waals surface area contributed by atoms with E-state index >= 15 is 0 Å². The van der Waals surface area contributed by atoms with E-state index in [2.05, 4.69) is 24.3 Å². The van der Waals surface area contributed by atoms with Crippen molar-refractivity contribution in [3.05, 3.63) is 47.3 Å². The van der Waals surface area contributed by atoms with Crippen molar-refractivity contribution in [3.63, 3.8) is 0 Å². The predicted molar refractivity (Wildman–Crippen MR) is 117 cm³/mol. The number of hydrogen-bond donors (Lipinski definition) is 1. The molecule has 4 fully saturated rings. The number of rotatable bonds is 5. The molecule has 6 rings (SSSR count). The highest BCUT2D eigenvalue weighted by molar-refractivity contribution is 5.95. The van der Waals surface area contributed by atoms with Gasteiger partial charge in [-0.05, 0) is 86.0 Å². The van der Waals surface area contributed by atoms with Crippen molar-refractivity contribution in [1.29, 1.82) is 0 Å². The lowest BCUT2D eigenvalue weighted by Crippen LogP contribution is -2.55. The van der Waals surface area contributed by atoms with Gasteiger partial charge in [0.05, 0.1) is 35.8 Å². The number of benzene rings is 1. The zero-order valence-electron chi connectivity index (χ0n) is 18.5. The molecule has 4 aliphatic carbocycles. The standard InChI is InChI=1S/C25H31N3O3/c1-14(2)23-21(13-26-28(23)20-6-4-17(5-7-20)25(30)31-3)24(29)27-22-18-9-15-8-16(11-18)12-19(22)10-15/h4-7,13-16,18-19,22H,8-12H2,1-3H3,(H,27,29). The van der Waals surface area contributed by atoms with Crippen LogP contribution in [-0.4, -0.2) is 34.8 Å². The van der Waals surface area contributed by atoms with Crippen LogP contribution in [-0.2, 0) is 4.74 Å². The molecule has 2 aromatic rings. The second-order valence-electron chi connectivity index (χ2n) is 9.98. The van der Waals surface area contributed by atoms with Crippen molar-refractivity contribution >= 4 is 11.9 Å². The van der Waals surface area contributed by atoms with Crippen molar-refractivity contribution in [1.82, 2.24) is 15.1 Å². The Morgan fingerprint density at radius 3 is 2.19 bits per heavy atom. The third-order valence-electron chi connectivity index (χ3n) is 7.66. The quantitative estimate of drug-likeness (QED) is 0.729. The number of carbonyl (C=O) groups is 2. The van der Waals surface area contributed by atoms with E-state index in [1.165, 1.54) is 39.2 Å². The van der Waals surface area contributed by atoms with Crippen molar-refractivity contribution in [2.75, 3.05) is 7.11 Å². The number of carbonyl (C=O) groups excluding carboxylic acids is 2. The van der Waals surface area contributed by atoms with Gasteiger partial charge in [0.1, 0.15) is 0 Å². The molecule has 4 bridgehead atoms. The Kier molecular flexibility index (Phi) is 5.11. The van der Waals surface area contributed by atoms with E-state index in [9.17, 15) is 9.59 Å².